The van der Waals surface area contributed by atoms with Crippen LogP contribution in [0.2, 0.25) is 0 Å². The van der Waals surface area contributed by atoms with Gasteiger partial charge in [-0.05, 0) is 24.3 Å². The fourth-order valence-electron chi connectivity index (χ4n) is 2.11. The fourth-order valence-corrected chi connectivity index (χ4v) is 2.11. The van der Waals surface area contributed by atoms with E-state index in [4.69, 9.17) is 9.47 Å². The summed E-state index contributed by atoms with van der Waals surface area (Å²) in [6.07, 6.45) is 0. The van der Waals surface area contributed by atoms with E-state index < -0.39 is 0 Å². The highest BCUT2D eigenvalue weighted by molar-refractivity contribution is 5.96. The van der Waals surface area contributed by atoms with Crippen LogP contribution in [0.4, 0.5) is 0 Å². The highest BCUT2D eigenvalue weighted by Crippen LogP contribution is 2.24. The maximum atomic E-state index is 11.9. The van der Waals surface area contributed by atoms with Crippen LogP contribution in [0.15, 0.2) is 48.5 Å². The van der Waals surface area contributed by atoms with Gasteiger partial charge in [-0.2, -0.15) is 0 Å². The molecule has 0 aliphatic heterocycles. The first kappa shape index (κ1) is 17.3. The van der Waals surface area contributed by atoms with E-state index in [9.17, 15) is 9.59 Å². The molecule has 0 aliphatic carbocycles. The Bertz CT molecular complexity index is 701. The average Bonchev–Trinajstić information content (AvgIpc) is 2.64. The third kappa shape index (κ3) is 4.74. The molecule has 0 spiro atoms. The Kier molecular flexibility index (Phi) is 6.19. The molecule has 2 aromatic rings. The first-order chi connectivity index (χ1) is 11.6. The van der Waals surface area contributed by atoms with Gasteiger partial charge in [-0.3, -0.25) is 9.59 Å². The maximum Gasteiger partial charge on any atom is 0.251 e. The molecule has 0 saturated heterocycles. The van der Waals surface area contributed by atoms with Crippen molar-refractivity contribution < 1.29 is 19.1 Å². The lowest BCUT2D eigenvalue weighted by Gasteiger charge is -2.11. The SMILES string of the molecule is COc1ccc(CNC(=O)CNC(=O)c2ccccc2)c(OC)c1. The molecule has 0 saturated carbocycles. The van der Waals surface area contributed by atoms with E-state index in [0.717, 1.165) is 5.56 Å². The van der Waals surface area contributed by atoms with Crippen LogP contribution in [0, 0.1) is 0 Å². The summed E-state index contributed by atoms with van der Waals surface area (Å²) in [5, 5.41) is 5.32. The van der Waals surface area contributed by atoms with Crippen molar-refractivity contribution in [2.24, 2.45) is 0 Å². The molecule has 0 aliphatic rings. The van der Waals surface area contributed by atoms with Crippen LogP contribution < -0.4 is 20.1 Å². The van der Waals surface area contributed by atoms with Crippen LogP contribution >= 0.6 is 0 Å². The van der Waals surface area contributed by atoms with Gasteiger partial charge in [0.15, 0.2) is 0 Å². The van der Waals surface area contributed by atoms with Crippen molar-refractivity contribution in [3.8, 4) is 11.5 Å². The number of rotatable bonds is 7. The van der Waals surface area contributed by atoms with E-state index in [1.807, 2.05) is 12.1 Å². The standard InChI is InChI=1S/C18H20N2O4/c1-23-15-9-8-14(16(10-15)24-2)11-19-17(21)12-20-18(22)13-6-4-3-5-7-13/h3-10H,11-12H2,1-2H3,(H,19,21)(H,20,22). The third-order valence-corrected chi connectivity index (χ3v) is 3.42. The van der Waals surface area contributed by atoms with Gasteiger partial charge in [0.25, 0.3) is 5.91 Å². The molecule has 2 aromatic carbocycles. The number of carbonyl (C=O) groups excluding carboxylic acids is 2. The molecule has 2 rings (SSSR count). The number of carbonyl (C=O) groups is 2. The van der Waals surface area contributed by atoms with Crippen molar-refractivity contribution in [1.29, 1.82) is 0 Å². The van der Waals surface area contributed by atoms with Gasteiger partial charge in [-0.25, -0.2) is 0 Å². The zero-order valence-corrected chi connectivity index (χ0v) is 13.7. The van der Waals surface area contributed by atoms with Crippen molar-refractivity contribution >= 4 is 11.8 Å². The van der Waals surface area contributed by atoms with Crippen LogP contribution in [-0.2, 0) is 11.3 Å². The van der Waals surface area contributed by atoms with Gasteiger partial charge >= 0.3 is 0 Å². The van der Waals surface area contributed by atoms with E-state index in [2.05, 4.69) is 10.6 Å². The number of benzene rings is 2. The summed E-state index contributed by atoms with van der Waals surface area (Å²) in [6, 6.07) is 14.1. The molecule has 0 unspecified atom stereocenters. The second-order valence-corrected chi connectivity index (χ2v) is 5.00. The topological polar surface area (TPSA) is 76.7 Å². The van der Waals surface area contributed by atoms with E-state index in [-0.39, 0.29) is 18.4 Å². The number of hydrogen-bond acceptors (Lipinski definition) is 4. The second kappa shape index (κ2) is 8.57. The minimum absolute atomic E-state index is 0.0911. The zero-order chi connectivity index (χ0) is 17.4. The molecule has 0 fully saturated rings. The zero-order valence-electron chi connectivity index (χ0n) is 13.7. The van der Waals surface area contributed by atoms with Gasteiger partial charge in [-0.1, -0.05) is 18.2 Å². The van der Waals surface area contributed by atoms with E-state index in [1.54, 1.807) is 50.6 Å². The van der Waals surface area contributed by atoms with Gasteiger partial charge in [0.2, 0.25) is 5.91 Å². The number of methoxy groups -OCH3 is 2. The first-order valence-electron chi connectivity index (χ1n) is 7.45. The van der Waals surface area contributed by atoms with Crippen molar-refractivity contribution in [2.45, 2.75) is 6.54 Å². The second-order valence-electron chi connectivity index (χ2n) is 5.00. The lowest BCUT2D eigenvalue weighted by atomic mass is 10.2. The Morgan fingerprint density at radius 1 is 0.958 bits per heavy atom. The summed E-state index contributed by atoms with van der Waals surface area (Å²) in [6.45, 7) is 0.208. The Morgan fingerprint density at radius 2 is 1.71 bits per heavy atom. The summed E-state index contributed by atoms with van der Waals surface area (Å²) in [4.78, 5) is 23.8. The summed E-state index contributed by atoms with van der Waals surface area (Å²) < 4.78 is 10.4. The molecule has 2 amide bonds. The predicted molar refractivity (Wildman–Crippen MR) is 90.2 cm³/mol. The lowest BCUT2D eigenvalue weighted by Crippen LogP contribution is -2.36. The molecule has 126 valence electrons. The summed E-state index contributed by atoms with van der Waals surface area (Å²) in [5.74, 6) is 0.741. The number of hydrogen-bond donors (Lipinski definition) is 2. The van der Waals surface area contributed by atoms with Crippen molar-refractivity contribution in [3.05, 3.63) is 59.7 Å². The molecule has 24 heavy (non-hydrogen) atoms. The van der Waals surface area contributed by atoms with E-state index in [0.29, 0.717) is 23.6 Å². The first-order valence-corrected chi connectivity index (χ1v) is 7.45. The molecule has 0 bridgehead atoms. The molecule has 0 heterocycles. The quantitative estimate of drug-likeness (QED) is 0.812. The molecule has 6 heteroatoms. The normalized spacial score (nSPS) is 9.92. The van der Waals surface area contributed by atoms with Gasteiger partial charge < -0.3 is 20.1 Å². The van der Waals surface area contributed by atoms with Crippen LogP contribution in [0.25, 0.3) is 0 Å². The number of nitrogens with one attached hydrogen (secondary N) is 2. The van der Waals surface area contributed by atoms with Crippen molar-refractivity contribution in [3.63, 3.8) is 0 Å². The van der Waals surface area contributed by atoms with Crippen molar-refractivity contribution in [1.82, 2.24) is 10.6 Å². The maximum absolute atomic E-state index is 11.9. The Balaban J connectivity index is 1.84. The van der Waals surface area contributed by atoms with Gasteiger partial charge in [0.05, 0.1) is 20.8 Å². The Labute approximate surface area is 140 Å². The Morgan fingerprint density at radius 3 is 2.38 bits per heavy atom. The van der Waals surface area contributed by atoms with Crippen LogP contribution in [0.5, 0.6) is 11.5 Å². The van der Waals surface area contributed by atoms with Crippen LogP contribution in [0.3, 0.4) is 0 Å². The average molecular weight is 328 g/mol. The highest BCUT2D eigenvalue weighted by Gasteiger charge is 2.09. The largest absolute Gasteiger partial charge is 0.497 e. The smallest absolute Gasteiger partial charge is 0.251 e. The minimum Gasteiger partial charge on any atom is -0.497 e. The van der Waals surface area contributed by atoms with Gasteiger partial charge in [0, 0.05) is 23.7 Å². The van der Waals surface area contributed by atoms with E-state index in [1.165, 1.54) is 0 Å². The fraction of sp³-hybridized carbons (Fsp3) is 0.222. The molecule has 0 atom stereocenters. The lowest BCUT2D eigenvalue weighted by molar-refractivity contribution is -0.120. The molecular weight excluding hydrogens is 308 g/mol. The number of ether oxygens (including phenoxy) is 2. The molecule has 6 nitrogen and oxygen atoms in total. The summed E-state index contributed by atoms with van der Waals surface area (Å²) in [7, 11) is 3.13. The summed E-state index contributed by atoms with van der Waals surface area (Å²) in [5.41, 5.74) is 1.34. The molecule has 2 N–H and O–H groups in total. The minimum atomic E-state index is -0.284. The molecule has 0 aromatic heterocycles. The van der Waals surface area contributed by atoms with Crippen molar-refractivity contribution in [2.75, 3.05) is 20.8 Å². The predicted octanol–water partition coefficient (Wildman–Crippen LogP) is 1.75. The monoisotopic (exact) mass is 328 g/mol. The molecule has 0 radical (unpaired) electrons. The van der Waals surface area contributed by atoms with Gasteiger partial charge in [0.1, 0.15) is 11.5 Å². The third-order valence-electron chi connectivity index (χ3n) is 3.42. The van der Waals surface area contributed by atoms with E-state index >= 15 is 0 Å². The Hall–Kier alpha value is -3.02. The summed E-state index contributed by atoms with van der Waals surface area (Å²) >= 11 is 0. The van der Waals surface area contributed by atoms with Crippen LogP contribution in [0.1, 0.15) is 15.9 Å². The van der Waals surface area contributed by atoms with Gasteiger partial charge in [-0.15, -0.1) is 0 Å². The highest BCUT2D eigenvalue weighted by atomic mass is 16.5. The number of amides is 2. The molecular formula is C18H20N2O4. The van der Waals surface area contributed by atoms with Crippen LogP contribution in [-0.4, -0.2) is 32.6 Å².